The Morgan fingerprint density at radius 2 is 1.57 bits per heavy atom. The minimum absolute atomic E-state index is 0.227. The number of nitro groups is 2. The Labute approximate surface area is 160 Å². The summed E-state index contributed by atoms with van der Waals surface area (Å²) in [6.45, 7) is 5.89. The topological polar surface area (TPSA) is 131 Å². The van der Waals surface area contributed by atoms with Gasteiger partial charge in [0.1, 0.15) is 0 Å². The van der Waals surface area contributed by atoms with Crippen LogP contribution >= 0.6 is 0 Å². The van der Waals surface area contributed by atoms with Crippen LogP contribution in [0.1, 0.15) is 29.8 Å². The van der Waals surface area contributed by atoms with Crippen LogP contribution in [0.3, 0.4) is 0 Å². The van der Waals surface area contributed by atoms with Crippen LogP contribution in [-0.2, 0) is 0 Å². The van der Waals surface area contributed by atoms with Gasteiger partial charge in [-0.2, -0.15) is 5.10 Å². The molecular formula is C18H19N5O5. The van der Waals surface area contributed by atoms with Gasteiger partial charge in [-0.05, 0) is 31.5 Å². The molecular weight excluding hydrogens is 366 g/mol. The molecule has 2 aromatic carbocycles. The summed E-state index contributed by atoms with van der Waals surface area (Å²) in [5, 5.41) is 25.6. The van der Waals surface area contributed by atoms with Gasteiger partial charge in [-0.15, -0.1) is 0 Å². The average molecular weight is 385 g/mol. The van der Waals surface area contributed by atoms with Crippen LogP contribution in [0.2, 0.25) is 0 Å². The van der Waals surface area contributed by atoms with Crippen molar-refractivity contribution in [2.75, 3.05) is 18.0 Å². The molecule has 0 atom stereocenters. The molecule has 0 aliphatic rings. The molecule has 0 heterocycles. The van der Waals surface area contributed by atoms with E-state index in [0.717, 1.165) is 42.5 Å². The molecule has 0 fully saturated rings. The number of non-ortho nitro benzene ring substituents is 2. The first-order valence-electron chi connectivity index (χ1n) is 8.48. The van der Waals surface area contributed by atoms with Crippen LogP contribution in [0.15, 0.2) is 47.6 Å². The van der Waals surface area contributed by atoms with Crippen molar-refractivity contribution in [1.29, 1.82) is 0 Å². The molecule has 0 radical (unpaired) electrons. The highest BCUT2D eigenvalue weighted by molar-refractivity contribution is 5.96. The third-order valence-corrected chi connectivity index (χ3v) is 3.99. The van der Waals surface area contributed by atoms with E-state index < -0.39 is 27.1 Å². The summed E-state index contributed by atoms with van der Waals surface area (Å²) in [4.78, 5) is 34.5. The maximum absolute atomic E-state index is 12.1. The van der Waals surface area contributed by atoms with Crippen LogP contribution in [0.25, 0.3) is 0 Å². The highest BCUT2D eigenvalue weighted by Crippen LogP contribution is 2.22. The second-order valence-corrected chi connectivity index (χ2v) is 5.72. The minimum atomic E-state index is -0.801. The summed E-state index contributed by atoms with van der Waals surface area (Å²) >= 11 is 0. The Morgan fingerprint density at radius 3 is 2.04 bits per heavy atom. The Hall–Kier alpha value is -3.82. The SMILES string of the molecule is CCN(CC)c1ccc(/C=N\NC(=O)c2cc([N+](=O)[O-])cc([N+](=O)[O-])c2)cc1. The summed E-state index contributed by atoms with van der Waals surface area (Å²) < 4.78 is 0. The first-order chi connectivity index (χ1) is 13.3. The molecule has 0 spiro atoms. The van der Waals surface area contributed by atoms with E-state index in [1.54, 1.807) is 0 Å². The van der Waals surface area contributed by atoms with Crippen LogP contribution in [-0.4, -0.2) is 35.1 Å². The fourth-order valence-electron chi connectivity index (χ4n) is 2.53. The molecule has 146 valence electrons. The molecule has 0 aliphatic carbocycles. The number of hydrazone groups is 1. The zero-order chi connectivity index (χ0) is 20.7. The molecule has 2 rings (SSSR count). The number of hydrogen-bond donors (Lipinski definition) is 1. The normalized spacial score (nSPS) is 10.6. The van der Waals surface area contributed by atoms with Crippen molar-refractivity contribution in [3.05, 3.63) is 73.8 Å². The van der Waals surface area contributed by atoms with Gasteiger partial charge in [0.05, 0.1) is 27.7 Å². The maximum atomic E-state index is 12.1. The summed E-state index contributed by atoms with van der Waals surface area (Å²) in [7, 11) is 0. The smallest absolute Gasteiger partial charge is 0.277 e. The largest absolute Gasteiger partial charge is 0.372 e. The second-order valence-electron chi connectivity index (χ2n) is 5.72. The van der Waals surface area contributed by atoms with Gasteiger partial charge in [0.2, 0.25) is 0 Å². The van der Waals surface area contributed by atoms with Gasteiger partial charge in [0, 0.05) is 30.9 Å². The average Bonchev–Trinajstić information content (AvgIpc) is 2.69. The van der Waals surface area contributed by atoms with Crippen LogP contribution < -0.4 is 10.3 Å². The molecule has 0 saturated carbocycles. The quantitative estimate of drug-likeness (QED) is 0.422. The third kappa shape index (κ3) is 5.10. The highest BCUT2D eigenvalue weighted by Gasteiger charge is 2.19. The molecule has 0 unspecified atom stereocenters. The van der Waals surface area contributed by atoms with Crippen molar-refractivity contribution in [2.45, 2.75) is 13.8 Å². The number of nitrogens with zero attached hydrogens (tertiary/aromatic N) is 4. The standard InChI is InChI=1S/C18H19N5O5/c1-3-21(4-2)15-7-5-13(6-8-15)12-19-20-18(24)14-9-16(22(25)26)11-17(10-14)23(27)28/h5-12H,3-4H2,1-2H3,(H,20,24)/b19-12-. The van der Waals surface area contributed by atoms with Crippen LogP contribution in [0.5, 0.6) is 0 Å². The number of carbonyl (C=O) groups is 1. The van der Waals surface area contributed by atoms with E-state index in [1.165, 1.54) is 6.21 Å². The van der Waals surface area contributed by atoms with Gasteiger partial charge in [-0.3, -0.25) is 25.0 Å². The summed E-state index contributed by atoms with van der Waals surface area (Å²) in [5.74, 6) is -0.789. The lowest BCUT2D eigenvalue weighted by Gasteiger charge is -2.20. The number of rotatable bonds is 8. The van der Waals surface area contributed by atoms with Crippen molar-refractivity contribution in [3.8, 4) is 0 Å². The van der Waals surface area contributed by atoms with Crippen LogP contribution in [0, 0.1) is 20.2 Å². The molecule has 1 N–H and O–H groups in total. The predicted molar refractivity (Wildman–Crippen MR) is 105 cm³/mol. The van der Waals surface area contributed by atoms with Gasteiger partial charge in [0.25, 0.3) is 17.3 Å². The Bertz CT molecular complexity index is 875. The van der Waals surface area contributed by atoms with Crippen LogP contribution in [0.4, 0.5) is 17.1 Å². The van der Waals surface area contributed by atoms with E-state index in [1.807, 2.05) is 24.3 Å². The molecule has 0 saturated heterocycles. The Balaban J connectivity index is 2.11. The van der Waals surface area contributed by atoms with Gasteiger partial charge < -0.3 is 4.90 Å². The van der Waals surface area contributed by atoms with E-state index in [2.05, 4.69) is 29.3 Å². The minimum Gasteiger partial charge on any atom is -0.372 e. The summed E-state index contributed by atoms with van der Waals surface area (Å²) in [6.07, 6.45) is 1.41. The van der Waals surface area contributed by atoms with E-state index in [-0.39, 0.29) is 5.56 Å². The van der Waals surface area contributed by atoms with Crippen molar-refractivity contribution in [1.82, 2.24) is 5.43 Å². The van der Waals surface area contributed by atoms with Crippen molar-refractivity contribution >= 4 is 29.2 Å². The van der Waals surface area contributed by atoms with Gasteiger partial charge in [-0.1, -0.05) is 12.1 Å². The number of anilines is 1. The molecule has 10 heteroatoms. The fraction of sp³-hybridized carbons (Fsp3) is 0.222. The molecule has 0 aliphatic heterocycles. The van der Waals surface area contributed by atoms with E-state index in [0.29, 0.717) is 0 Å². The number of nitro benzene ring substituents is 2. The molecule has 2 aromatic rings. The highest BCUT2D eigenvalue weighted by atomic mass is 16.6. The first kappa shape index (κ1) is 20.5. The predicted octanol–water partition coefficient (Wildman–Crippen LogP) is 3.11. The van der Waals surface area contributed by atoms with Gasteiger partial charge >= 0.3 is 0 Å². The van der Waals surface area contributed by atoms with Gasteiger partial charge in [0.15, 0.2) is 0 Å². The van der Waals surface area contributed by atoms with E-state index >= 15 is 0 Å². The molecule has 28 heavy (non-hydrogen) atoms. The Morgan fingerprint density at radius 1 is 1.04 bits per heavy atom. The summed E-state index contributed by atoms with van der Waals surface area (Å²) in [6, 6.07) is 10.2. The number of carbonyl (C=O) groups excluding carboxylic acids is 1. The van der Waals surface area contributed by atoms with Crippen molar-refractivity contribution in [3.63, 3.8) is 0 Å². The third-order valence-electron chi connectivity index (χ3n) is 3.99. The lowest BCUT2D eigenvalue weighted by molar-refractivity contribution is -0.394. The van der Waals surface area contributed by atoms with Crippen molar-refractivity contribution in [2.24, 2.45) is 5.10 Å². The molecule has 0 aromatic heterocycles. The number of amides is 1. The second kappa shape index (κ2) is 9.21. The molecule has 1 amide bonds. The first-order valence-corrected chi connectivity index (χ1v) is 8.48. The maximum Gasteiger partial charge on any atom is 0.277 e. The molecule has 10 nitrogen and oxygen atoms in total. The number of hydrogen-bond acceptors (Lipinski definition) is 7. The van der Waals surface area contributed by atoms with Gasteiger partial charge in [-0.25, -0.2) is 5.43 Å². The lowest BCUT2D eigenvalue weighted by Crippen LogP contribution is -2.21. The number of benzene rings is 2. The monoisotopic (exact) mass is 385 g/mol. The zero-order valence-corrected chi connectivity index (χ0v) is 15.4. The Kier molecular flexibility index (Phi) is 6.74. The number of nitrogens with one attached hydrogen (secondary N) is 1. The molecule has 0 bridgehead atoms. The summed E-state index contributed by atoms with van der Waals surface area (Å²) in [5.41, 5.74) is 2.70. The fourth-order valence-corrected chi connectivity index (χ4v) is 2.53. The van der Waals surface area contributed by atoms with E-state index in [4.69, 9.17) is 0 Å². The zero-order valence-electron chi connectivity index (χ0n) is 15.4. The van der Waals surface area contributed by atoms with E-state index in [9.17, 15) is 25.0 Å². The van der Waals surface area contributed by atoms with Crippen molar-refractivity contribution < 1.29 is 14.6 Å². The lowest BCUT2D eigenvalue weighted by atomic mass is 10.1.